The summed E-state index contributed by atoms with van der Waals surface area (Å²) in [6.07, 6.45) is 0. The number of nitriles is 1. The number of quaternary nitrogens is 2. The van der Waals surface area contributed by atoms with E-state index in [0.29, 0.717) is 0 Å². The Morgan fingerprint density at radius 2 is 1.29 bits per heavy atom. The summed E-state index contributed by atoms with van der Waals surface area (Å²) in [6.45, 7) is 11.5. The lowest BCUT2D eigenvalue weighted by Gasteiger charge is -2.30. The quantitative estimate of drug-likeness (QED) is 0.852. The topological polar surface area (TPSA) is 32.7 Å². The van der Waals surface area contributed by atoms with Gasteiger partial charge in [0, 0.05) is 11.1 Å². The first-order valence-electron chi connectivity index (χ1n) is 8.86. The van der Waals surface area contributed by atoms with Crippen LogP contribution in [0.15, 0.2) is 42.5 Å². The zero-order chi connectivity index (χ0) is 16.9. The molecular weight excluding hydrogens is 294 g/mol. The zero-order valence-electron chi connectivity index (χ0n) is 14.7. The molecule has 2 N–H and O–H groups in total. The molecule has 0 atom stereocenters. The third-order valence-electron chi connectivity index (χ3n) is 4.94. The molecule has 1 aliphatic heterocycles. The van der Waals surface area contributed by atoms with Crippen LogP contribution in [0.4, 0.5) is 0 Å². The lowest BCUT2D eigenvalue weighted by molar-refractivity contribution is -1.02. The van der Waals surface area contributed by atoms with Crippen LogP contribution in [0.25, 0.3) is 0 Å². The number of rotatable bonds is 4. The Kier molecular flexibility index (Phi) is 5.30. The first-order valence-corrected chi connectivity index (χ1v) is 8.86. The van der Waals surface area contributed by atoms with Crippen LogP contribution in [0.1, 0.15) is 27.8 Å². The number of nitrogens with one attached hydrogen (secondary N) is 2. The number of hydrogen-bond donors (Lipinski definition) is 2. The molecule has 0 unspecified atom stereocenters. The summed E-state index contributed by atoms with van der Waals surface area (Å²) < 4.78 is 0. The highest BCUT2D eigenvalue weighted by molar-refractivity contribution is 5.31. The average Bonchev–Trinajstić information content (AvgIpc) is 2.56. The van der Waals surface area contributed by atoms with Gasteiger partial charge >= 0.3 is 0 Å². The van der Waals surface area contributed by atoms with Crippen molar-refractivity contribution < 1.29 is 9.80 Å². The molecule has 0 aromatic heterocycles. The molecule has 2 aromatic carbocycles. The van der Waals surface area contributed by atoms with E-state index >= 15 is 0 Å². The summed E-state index contributed by atoms with van der Waals surface area (Å²) >= 11 is 0. The van der Waals surface area contributed by atoms with Crippen molar-refractivity contribution in [1.29, 1.82) is 5.26 Å². The highest BCUT2D eigenvalue weighted by Gasteiger charge is 2.23. The summed E-state index contributed by atoms with van der Waals surface area (Å²) in [6, 6.07) is 17.1. The molecule has 1 fully saturated rings. The van der Waals surface area contributed by atoms with Crippen molar-refractivity contribution in [2.24, 2.45) is 0 Å². The van der Waals surface area contributed by atoms with E-state index < -0.39 is 0 Å². The zero-order valence-corrected chi connectivity index (χ0v) is 14.7. The molecule has 0 amide bonds. The summed E-state index contributed by atoms with van der Waals surface area (Å²) in [5, 5.41) is 8.88. The van der Waals surface area contributed by atoms with Crippen molar-refractivity contribution in [3.8, 4) is 6.07 Å². The summed E-state index contributed by atoms with van der Waals surface area (Å²) in [5.74, 6) is 0. The molecule has 0 spiro atoms. The number of benzene rings is 2. The molecule has 0 radical (unpaired) electrons. The number of piperazine rings is 1. The van der Waals surface area contributed by atoms with Crippen molar-refractivity contribution in [2.75, 3.05) is 26.2 Å². The molecule has 3 heteroatoms. The van der Waals surface area contributed by atoms with Gasteiger partial charge in [0.1, 0.15) is 39.3 Å². The largest absolute Gasteiger partial charge is 0.322 e. The van der Waals surface area contributed by atoms with E-state index in [4.69, 9.17) is 5.26 Å². The normalized spacial score (nSPS) is 20.5. The van der Waals surface area contributed by atoms with Crippen LogP contribution in [-0.2, 0) is 13.1 Å². The van der Waals surface area contributed by atoms with Crippen molar-refractivity contribution in [3.63, 3.8) is 0 Å². The molecule has 1 heterocycles. The van der Waals surface area contributed by atoms with Gasteiger partial charge in [-0.3, -0.25) is 0 Å². The second kappa shape index (κ2) is 7.61. The predicted molar refractivity (Wildman–Crippen MR) is 95.9 cm³/mol. The summed E-state index contributed by atoms with van der Waals surface area (Å²) in [5.41, 5.74) is 6.29. The Bertz CT molecular complexity index is 699. The fourth-order valence-electron chi connectivity index (χ4n) is 3.76. The van der Waals surface area contributed by atoms with Crippen molar-refractivity contribution >= 4 is 0 Å². The van der Waals surface area contributed by atoms with Crippen LogP contribution in [0, 0.1) is 25.2 Å². The molecule has 3 rings (SSSR count). The second-order valence-electron chi connectivity index (χ2n) is 7.16. The highest BCUT2D eigenvalue weighted by atomic mass is 15.3. The SMILES string of the molecule is Cc1cc(C)cc(C[NH+]2CC[NH+](Cc3ccc(C#N)cc3)CC2)c1. The molecule has 0 bridgehead atoms. The Morgan fingerprint density at radius 3 is 1.79 bits per heavy atom. The molecule has 1 saturated heterocycles. The van der Waals surface area contributed by atoms with E-state index in [1.54, 1.807) is 9.80 Å². The van der Waals surface area contributed by atoms with Gasteiger partial charge in [0.15, 0.2) is 0 Å². The van der Waals surface area contributed by atoms with Crippen LogP contribution in [0.5, 0.6) is 0 Å². The Hall–Kier alpha value is -2.15. The van der Waals surface area contributed by atoms with Crippen molar-refractivity contribution in [3.05, 3.63) is 70.3 Å². The van der Waals surface area contributed by atoms with Crippen LogP contribution < -0.4 is 9.80 Å². The first kappa shape index (κ1) is 16.7. The van der Waals surface area contributed by atoms with Gasteiger partial charge in [-0.1, -0.05) is 41.5 Å². The van der Waals surface area contributed by atoms with Gasteiger partial charge in [0.05, 0.1) is 11.6 Å². The first-order chi connectivity index (χ1) is 11.6. The number of aryl methyl sites for hydroxylation is 2. The van der Waals surface area contributed by atoms with E-state index in [9.17, 15) is 0 Å². The van der Waals surface area contributed by atoms with Gasteiger partial charge in [-0.05, 0) is 26.0 Å². The minimum Gasteiger partial charge on any atom is -0.322 e. The molecule has 0 saturated carbocycles. The maximum Gasteiger partial charge on any atom is 0.127 e. The van der Waals surface area contributed by atoms with Crippen molar-refractivity contribution in [2.45, 2.75) is 26.9 Å². The van der Waals surface area contributed by atoms with Gasteiger partial charge in [0.25, 0.3) is 0 Å². The maximum atomic E-state index is 8.88. The summed E-state index contributed by atoms with van der Waals surface area (Å²) in [7, 11) is 0. The Morgan fingerprint density at radius 1 is 0.792 bits per heavy atom. The molecule has 1 aliphatic rings. The van der Waals surface area contributed by atoms with Crippen LogP contribution >= 0.6 is 0 Å². The van der Waals surface area contributed by atoms with Gasteiger partial charge in [-0.25, -0.2) is 0 Å². The smallest absolute Gasteiger partial charge is 0.127 e. The lowest BCUT2D eigenvalue weighted by Crippen LogP contribution is -3.27. The van der Waals surface area contributed by atoms with E-state index in [-0.39, 0.29) is 0 Å². The lowest BCUT2D eigenvalue weighted by atomic mass is 10.1. The Labute approximate surface area is 145 Å². The highest BCUT2D eigenvalue weighted by Crippen LogP contribution is 2.07. The molecule has 3 nitrogen and oxygen atoms in total. The molecular formula is C21H27N3+2. The van der Waals surface area contributed by atoms with E-state index in [2.05, 4.69) is 50.2 Å². The van der Waals surface area contributed by atoms with Crippen molar-refractivity contribution in [1.82, 2.24) is 0 Å². The Balaban J connectivity index is 1.51. The standard InChI is InChI=1S/C21H25N3/c1-17-11-18(2)13-21(12-17)16-24-9-7-23(8-10-24)15-20-5-3-19(14-22)4-6-20/h3-6,11-13H,7-10,15-16H2,1-2H3/p+2. The minimum atomic E-state index is 0.747. The monoisotopic (exact) mass is 321 g/mol. The van der Waals surface area contributed by atoms with E-state index in [1.807, 2.05) is 12.1 Å². The van der Waals surface area contributed by atoms with Crippen LogP contribution in [-0.4, -0.2) is 26.2 Å². The summed E-state index contributed by atoms with van der Waals surface area (Å²) in [4.78, 5) is 3.35. The van der Waals surface area contributed by atoms with Gasteiger partial charge in [-0.2, -0.15) is 5.26 Å². The maximum absolute atomic E-state index is 8.88. The second-order valence-corrected chi connectivity index (χ2v) is 7.16. The average molecular weight is 321 g/mol. The molecule has 2 aromatic rings. The van der Waals surface area contributed by atoms with Crippen LogP contribution in [0.2, 0.25) is 0 Å². The third kappa shape index (κ3) is 4.44. The fourth-order valence-corrected chi connectivity index (χ4v) is 3.76. The molecule has 0 aliphatic carbocycles. The third-order valence-corrected chi connectivity index (χ3v) is 4.94. The van der Waals surface area contributed by atoms with Gasteiger partial charge in [0.2, 0.25) is 0 Å². The van der Waals surface area contributed by atoms with E-state index in [1.165, 1.54) is 48.4 Å². The number of nitrogens with zero attached hydrogens (tertiary/aromatic N) is 1. The number of hydrogen-bond acceptors (Lipinski definition) is 1. The fraction of sp³-hybridized carbons (Fsp3) is 0.381. The molecule has 24 heavy (non-hydrogen) atoms. The van der Waals surface area contributed by atoms with Gasteiger partial charge < -0.3 is 9.80 Å². The van der Waals surface area contributed by atoms with Crippen LogP contribution in [0.3, 0.4) is 0 Å². The minimum absolute atomic E-state index is 0.747. The van der Waals surface area contributed by atoms with E-state index in [0.717, 1.165) is 18.7 Å². The molecule has 124 valence electrons. The predicted octanol–water partition coefficient (Wildman–Crippen LogP) is 0.659. The van der Waals surface area contributed by atoms with Gasteiger partial charge in [-0.15, -0.1) is 0 Å².